The van der Waals surface area contributed by atoms with Gasteiger partial charge in [0.1, 0.15) is 0 Å². The molecule has 6 nitrogen and oxygen atoms in total. The summed E-state index contributed by atoms with van der Waals surface area (Å²) in [6.07, 6.45) is 1.53. The van der Waals surface area contributed by atoms with Gasteiger partial charge in [0, 0.05) is 33.3 Å². The van der Waals surface area contributed by atoms with Gasteiger partial charge in [0.25, 0.3) is 0 Å². The predicted octanol–water partition coefficient (Wildman–Crippen LogP) is 4.96. The number of hydrogen-bond acceptors (Lipinski definition) is 3. The molecule has 0 bridgehead atoms. The fourth-order valence-corrected chi connectivity index (χ4v) is 3.38. The van der Waals surface area contributed by atoms with Crippen LogP contribution >= 0.6 is 11.6 Å². The van der Waals surface area contributed by atoms with Gasteiger partial charge in [0.2, 0.25) is 0 Å². The lowest BCUT2D eigenvalue weighted by Crippen LogP contribution is -2.32. The molecule has 0 fully saturated rings. The van der Waals surface area contributed by atoms with Crippen molar-refractivity contribution in [3.05, 3.63) is 82.1 Å². The molecule has 3 rings (SSSR count). The van der Waals surface area contributed by atoms with Gasteiger partial charge in [-0.05, 0) is 67.8 Å². The summed E-state index contributed by atoms with van der Waals surface area (Å²) in [6.45, 7) is 8.12. The van der Waals surface area contributed by atoms with Crippen molar-refractivity contribution < 1.29 is 9.59 Å². The lowest BCUT2D eigenvalue weighted by Gasteiger charge is -2.09. The Hall–Kier alpha value is -3.38. The van der Waals surface area contributed by atoms with Crippen molar-refractivity contribution in [2.24, 2.45) is 5.10 Å². The van der Waals surface area contributed by atoms with E-state index in [1.165, 1.54) is 6.21 Å². The number of amides is 2. The molecule has 2 aromatic carbocycles. The molecule has 0 saturated carbocycles. The van der Waals surface area contributed by atoms with Gasteiger partial charge in [-0.3, -0.25) is 9.59 Å². The van der Waals surface area contributed by atoms with Crippen LogP contribution in [0.1, 0.15) is 42.3 Å². The first-order valence-corrected chi connectivity index (χ1v) is 10.3. The summed E-state index contributed by atoms with van der Waals surface area (Å²) in [4.78, 5) is 24.2. The van der Waals surface area contributed by atoms with Crippen LogP contribution in [-0.2, 0) is 9.59 Å². The minimum atomic E-state index is -0.837. The number of halogens is 1. The Kier molecular flexibility index (Phi) is 6.92. The third-order valence-electron chi connectivity index (χ3n) is 4.97. The molecule has 0 atom stereocenters. The van der Waals surface area contributed by atoms with Crippen molar-refractivity contribution in [1.29, 1.82) is 0 Å². The minimum absolute atomic E-state index is 0.393. The molecule has 0 unspecified atom stereocenters. The van der Waals surface area contributed by atoms with Crippen molar-refractivity contribution in [2.45, 2.75) is 33.6 Å². The molecule has 3 aromatic rings. The van der Waals surface area contributed by atoms with Crippen LogP contribution in [0.5, 0.6) is 0 Å². The van der Waals surface area contributed by atoms with E-state index in [0.29, 0.717) is 16.6 Å². The van der Waals surface area contributed by atoms with Crippen LogP contribution < -0.4 is 10.7 Å². The third-order valence-corrected chi connectivity index (χ3v) is 5.22. The van der Waals surface area contributed by atoms with Gasteiger partial charge in [-0.2, -0.15) is 5.10 Å². The van der Waals surface area contributed by atoms with Crippen molar-refractivity contribution >= 4 is 35.3 Å². The van der Waals surface area contributed by atoms with E-state index < -0.39 is 11.8 Å². The Bertz CT molecular complexity index is 1110. The van der Waals surface area contributed by atoms with Crippen molar-refractivity contribution in [3.63, 3.8) is 0 Å². The van der Waals surface area contributed by atoms with Crippen molar-refractivity contribution in [2.75, 3.05) is 5.32 Å². The zero-order valence-electron chi connectivity index (χ0n) is 17.9. The molecule has 0 spiro atoms. The molecule has 0 radical (unpaired) electrons. The number of hydrogen-bond donors (Lipinski definition) is 2. The van der Waals surface area contributed by atoms with Crippen molar-refractivity contribution in [1.82, 2.24) is 9.99 Å². The highest BCUT2D eigenvalue weighted by Crippen LogP contribution is 2.21. The Morgan fingerprint density at radius 1 is 1.00 bits per heavy atom. The summed E-state index contributed by atoms with van der Waals surface area (Å²) < 4.78 is 2.06. The van der Waals surface area contributed by atoms with E-state index in [4.69, 9.17) is 11.6 Å². The highest BCUT2D eigenvalue weighted by Gasteiger charge is 2.14. The number of aromatic nitrogens is 1. The van der Waals surface area contributed by atoms with E-state index >= 15 is 0 Å². The molecule has 0 aliphatic rings. The Balaban J connectivity index is 1.63. The first-order valence-electron chi connectivity index (χ1n) is 9.95. The Morgan fingerprint density at radius 2 is 1.65 bits per heavy atom. The Labute approximate surface area is 186 Å². The number of carbonyl (C=O) groups excluding carboxylic acids is 2. The molecule has 31 heavy (non-hydrogen) atoms. The van der Waals surface area contributed by atoms with Crippen LogP contribution in [0.3, 0.4) is 0 Å². The van der Waals surface area contributed by atoms with Crippen LogP contribution in [0.4, 0.5) is 5.69 Å². The van der Waals surface area contributed by atoms with Crippen LogP contribution in [0.15, 0.2) is 59.7 Å². The molecular weight excluding hydrogens is 412 g/mol. The molecule has 2 amide bonds. The van der Waals surface area contributed by atoms with E-state index in [9.17, 15) is 9.59 Å². The summed E-state index contributed by atoms with van der Waals surface area (Å²) in [6, 6.07) is 16.9. The number of anilines is 1. The standard InChI is InChI=1S/C24H25ClN4O2/c1-15(2)18-5-9-21(10-6-18)27-23(30)24(31)28-26-14-19-13-16(3)29(17(19)4)22-11-7-20(25)8-12-22/h5-15H,1-4H3,(H,27,30)(H,28,31)/b26-14-. The van der Waals surface area contributed by atoms with Gasteiger partial charge >= 0.3 is 11.8 Å². The Morgan fingerprint density at radius 3 is 2.26 bits per heavy atom. The van der Waals surface area contributed by atoms with Crippen LogP contribution in [0.2, 0.25) is 5.02 Å². The average Bonchev–Trinajstić information content (AvgIpc) is 3.02. The summed E-state index contributed by atoms with van der Waals surface area (Å²) in [5, 5.41) is 7.18. The van der Waals surface area contributed by atoms with Crippen molar-refractivity contribution in [3.8, 4) is 5.69 Å². The highest BCUT2D eigenvalue weighted by atomic mass is 35.5. The molecule has 2 N–H and O–H groups in total. The normalized spacial score (nSPS) is 11.2. The smallest absolute Gasteiger partial charge is 0.318 e. The zero-order valence-corrected chi connectivity index (χ0v) is 18.7. The van der Waals surface area contributed by atoms with E-state index in [-0.39, 0.29) is 0 Å². The number of hydrazone groups is 1. The number of rotatable bonds is 5. The van der Waals surface area contributed by atoms with Gasteiger partial charge < -0.3 is 9.88 Å². The number of aryl methyl sites for hydroxylation is 1. The van der Waals surface area contributed by atoms with Gasteiger partial charge in [0.05, 0.1) is 6.21 Å². The molecule has 1 heterocycles. The van der Waals surface area contributed by atoms with E-state index in [1.54, 1.807) is 12.1 Å². The second-order valence-electron chi connectivity index (χ2n) is 7.57. The fraction of sp³-hybridized carbons (Fsp3) is 0.208. The fourth-order valence-electron chi connectivity index (χ4n) is 3.26. The summed E-state index contributed by atoms with van der Waals surface area (Å²) >= 11 is 5.97. The molecule has 0 aliphatic carbocycles. The van der Waals surface area contributed by atoms with Gasteiger partial charge in [0.15, 0.2) is 0 Å². The summed E-state index contributed by atoms with van der Waals surface area (Å²) in [7, 11) is 0. The molecule has 7 heteroatoms. The first kappa shape index (κ1) is 22.3. The van der Waals surface area contributed by atoms with Crippen LogP contribution in [0.25, 0.3) is 5.69 Å². The minimum Gasteiger partial charge on any atom is -0.318 e. The number of nitrogens with zero attached hydrogens (tertiary/aromatic N) is 2. The van der Waals surface area contributed by atoms with Crippen LogP contribution in [-0.4, -0.2) is 22.6 Å². The quantitative estimate of drug-likeness (QED) is 0.337. The van der Waals surface area contributed by atoms with Gasteiger partial charge in [-0.25, -0.2) is 5.43 Å². The maximum atomic E-state index is 12.1. The first-order chi connectivity index (χ1) is 14.8. The maximum absolute atomic E-state index is 12.1. The van der Waals surface area contributed by atoms with Crippen LogP contribution in [0, 0.1) is 13.8 Å². The van der Waals surface area contributed by atoms with E-state index in [0.717, 1.165) is 28.2 Å². The summed E-state index contributed by atoms with van der Waals surface area (Å²) in [5.41, 5.74) is 7.76. The number of carbonyl (C=O) groups is 2. The average molecular weight is 437 g/mol. The predicted molar refractivity (Wildman–Crippen MR) is 125 cm³/mol. The SMILES string of the molecule is Cc1cc(/C=N\NC(=O)C(=O)Nc2ccc(C(C)C)cc2)c(C)n1-c1ccc(Cl)cc1. The van der Waals surface area contributed by atoms with Gasteiger partial charge in [-0.15, -0.1) is 0 Å². The molecule has 1 aromatic heterocycles. The lowest BCUT2D eigenvalue weighted by atomic mass is 10.0. The third kappa shape index (κ3) is 5.41. The summed E-state index contributed by atoms with van der Waals surface area (Å²) in [5.74, 6) is -1.22. The molecule has 0 saturated heterocycles. The second kappa shape index (κ2) is 9.62. The second-order valence-corrected chi connectivity index (χ2v) is 8.00. The topological polar surface area (TPSA) is 75.5 Å². The lowest BCUT2D eigenvalue weighted by molar-refractivity contribution is -0.136. The molecular formula is C24H25ClN4O2. The van der Waals surface area contributed by atoms with E-state index in [2.05, 4.69) is 34.3 Å². The number of nitrogens with one attached hydrogen (secondary N) is 2. The zero-order chi connectivity index (χ0) is 22.5. The molecule has 0 aliphatic heterocycles. The highest BCUT2D eigenvalue weighted by molar-refractivity contribution is 6.39. The maximum Gasteiger partial charge on any atom is 0.329 e. The number of benzene rings is 2. The largest absolute Gasteiger partial charge is 0.329 e. The molecule has 160 valence electrons. The van der Waals surface area contributed by atoms with E-state index in [1.807, 2.05) is 56.3 Å². The monoisotopic (exact) mass is 436 g/mol. The van der Waals surface area contributed by atoms with Gasteiger partial charge in [-0.1, -0.05) is 37.6 Å².